The van der Waals surface area contributed by atoms with E-state index in [-0.39, 0.29) is 23.5 Å². The summed E-state index contributed by atoms with van der Waals surface area (Å²) in [5.41, 5.74) is 1.97. The molecule has 1 amide bonds. The van der Waals surface area contributed by atoms with Gasteiger partial charge in [-0.2, -0.15) is 0 Å². The first-order chi connectivity index (χ1) is 11.8. The number of amides is 1. The number of hydrogen-bond acceptors (Lipinski definition) is 4. The summed E-state index contributed by atoms with van der Waals surface area (Å²) in [5.74, 6) is -0.575. The Hall–Kier alpha value is -2.47. The minimum absolute atomic E-state index is 0.0375. The van der Waals surface area contributed by atoms with Crippen LogP contribution in [0, 0.1) is 6.92 Å². The Morgan fingerprint density at radius 1 is 1.08 bits per heavy atom. The molecule has 0 aromatic heterocycles. The third kappa shape index (κ3) is 3.09. The van der Waals surface area contributed by atoms with Crippen molar-refractivity contribution in [1.29, 1.82) is 0 Å². The number of benzene rings is 2. The molecule has 0 radical (unpaired) electrons. The molecular formula is C19H19NO4S. The van der Waals surface area contributed by atoms with Gasteiger partial charge in [0.15, 0.2) is 0 Å². The highest BCUT2D eigenvalue weighted by molar-refractivity contribution is 7.89. The van der Waals surface area contributed by atoms with Crippen LogP contribution in [0.2, 0.25) is 0 Å². The maximum Gasteiger partial charge on any atom is 0.268 e. The van der Waals surface area contributed by atoms with Crippen molar-refractivity contribution in [2.24, 2.45) is 0 Å². The van der Waals surface area contributed by atoms with E-state index >= 15 is 0 Å². The summed E-state index contributed by atoms with van der Waals surface area (Å²) in [5, 5.41) is 0. The number of nitrogens with zero attached hydrogens (tertiary/aromatic N) is 1. The molecule has 0 N–H and O–H groups in total. The van der Waals surface area contributed by atoms with E-state index in [0.29, 0.717) is 11.1 Å². The molecule has 1 aliphatic heterocycles. The second kappa shape index (κ2) is 6.44. The highest BCUT2D eigenvalue weighted by Crippen LogP contribution is 2.40. The van der Waals surface area contributed by atoms with Crippen LogP contribution in [0.25, 0.3) is 0 Å². The molecule has 130 valence electrons. The third-order valence-corrected chi connectivity index (χ3v) is 6.19. The molecule has 0 saturated heterocycles. The van der Waals surface area contributed by atoms with Gasteiger partial charge in [0.25, 0.3) is 15.9 Å². The molecule has 25 heavy (non-hydrogen) atoms. The molecule has 2 aromatic rings. The van der Waals surface area contributed by atoms with Crippen molar-refractivity contribution in [2.45, 2.75) is 37.6 Å². The zero-order valence-corrected chi connectivity index (χ0v) is 14.9. The molecule has 5 nitrogen and oxygen atoms in total. The van der Waals surface area contributed by atoms with Crippen LogP contribution in [-0.2, 0) is 14.8 Å². The fourth-order valence-corrected chi connectivity index (χ4v) is 4.66. The maximum absolute atomic E-state index is 13.1. The summed E-state index contributed by atoms with van der Waals surface area (Å²) in [4.78, 5) is 24.3. The Balaban J connectivity index is 2.07. The van der Waals surface area contributed by atoms with Crippen molar-refractivity contribution in [3.05, 3.63) is 65.2 Å². The minimum atomic E-state index is -4.00. The number of aryl methyl sites for hydroxylation is 1. The van der Waals surface area contributed by atoms with Crippen LogP contribution >= 0.6 is 0 Å². The highest BCUT2D eigenvalue weighted by atomic mass is 32.2. The standard InChI is InChI=1S/C19H19NO4S/c1-13-7-10-15(11-8-13)25(23,24)20-18(12-9-14(2)21)16-5-3-4-6-17(16)19(20)22/h3-8,10-11,18H,9,12H2,1-2H3. The first-order valence-corrected chi connectivity index (χ1v) is 9.50. The summed E-state index contributed by atoms with van der Waals surface area (Å²) >= 11 is 0. The molecule has 0 spiro atoms. The normalized spacial score (nSPS) is 16.8. The lowest BCUT2D eigenvalue weighted by Crippen LogP contribution is -2.34. The van der Waals surface area contributed by atoms with Gasteiger partial charge in [0.05, 0.1) is 10.9 Å². The summed E-state index contributed by atoms with van der Waals surface area (Å²) in [7, 11) is -4.00. The molecule has 0 bridgehead atoms. The smallest absolute Gasteiger partial charge is 0.268 e. The van der Waals surface area contributed by atoms with Crippen LogP contribution in [0.1, 0.15) is 47.3 Å². The molecule has 2 aromatic carbocycles. The van der Waals surface area contributed by atoms with Crippen LogP contribution in [0.5, 0.6) is 0 Å². The molecule has 0 fully saturated rings. The number of Topliss-reactive ketones (excluding diaryl/α,β-unsaturated/α-hetero) is 1. The average Bonchev–Trinajstić information content (AvgIpc) is 2.86. The molecule has 3 rings (SSSR count). The fourth-order valence-electron chi connectivity index (χ4n) is 3.08. The van der Waals surface area contributed by atoms with Gasteiger partial charge in [-0.15, -0.1) is 0 Å². The van der Waals surface area contributed by atoms with Crippen molar-refractivity contribution in [1.82, 2.24) is 4.31 Å². The molecular weight excluding hydrogens is 338 g/mol. The third-order valence-electron chi connectivity index (χ3n) is 4.38. The Labute approximate surface area is 147 Å². The summed E-state index contributed by atoms with van der Waals surface area (Å²) in [6, 6.07) is 12.6. The molecule has 0 aliphatic carbocycles. The number of rotatable bonds is 5. The first-order valence-electron chi connectivity index (χ1n) is 8.06. The van der Waals surface area contributed by atoms with E-state index < -0.39 is 22.0 Å². The molecule has 6 heteroatoms. The van der Waals surface area contributed by atoms with Gasteiger partial charge in [-0.25, -0.2) is 12.7 Å². The van der Waals surface area contributed by atoms with Gasteiger partial charge in [-0.3, -0.25) is 4.79 Å². The Bertz CT molecular complexity index is 932. The molecule has 1 heterocycles. The SMILES string of the molecule is CC(=O)CCC1c2ccccc2C(=O)N1S(=O)(=O)c1ccc(C)cc1. The topological polar surface area (TPSA) is 71.5 Å². The van der Waals surface area contributed by atoms with Crippen molar-refractivity contribution in [2.75, 3.05) is 0 Å². The van der Waals surface area contributed by atoms with Crippen LogP contribution in [0.15, 0.2) is 53.4 Å². The number of hydrogen-bond donors (Lipinski definition) is 0. The lowest BCUT2D eigenvalue weighted by molar-refractivity contribution is -0.117. The van der Waals surface area contributed by atoms with Crippen LogP contribution in [0.4, 0.5) is 0 Å². The lowest BCUT2D eigenvalue weighted by Gasteiger charge is -2.24. The van der Waals surface area contributed by atoms with Crippen LogP contribution < -0.4 is 0 Å². The number of carbonyl (C=O) groups excluding carboxylic acids is 2. The van der Waals surface area contributed by atoms with Gasteiger partial charge in [0.1, 0.15) is 5.78 Å². The molecule has 1 aliphatic rings. The van der Waals surface area contributed by atoms with Gasteiger partial charge in [0, 0.05) is 12.0 Å². The zero-order valence-electron chi connectivity index (χ0n) is 14.1. The van der Waals surface area contributed by atoms with Gasteiger partial charge >= 0.3 is 0 Å². The second-order valence-electron chi connectivity index (χ2n) is 6.26. The quantitative estimate of drug-likeness (QED) is 0.823. The predicted molar refractivity (Wildman–Crippen MR) is 93.6 cm³/mol. The average molecular weight is 357 g/mol. The summed E-state index contributed by atoms with van der Waals surface area (Å²) in [6.45, 7) is 3.32. The van der Waals surface area contributed by atoms with Crippen molar-refractivity contribution >= 4 is 21.7 Å². The lowest BCUT2D eigenvalue weighted by atomic mass is 10.0. The largest absolute Gasteiger partial charge is 0.300 e. The first kappa shape index (κ1) is 17.4. The van der Waals surface area contributed by atoms with E-state index in [1.54, 1.807) is 36.4 Å². The van der Waals surface area contributed by atoms with E-state index in [4.69, 9.17) is 0 Å². The number of sulfonamides is 1. The van der Waals surface area contributed by atoms with E-state index in [1.165, 1.54) is 19.1 Å². The minimum Gasteiger partial charge on any atom is -0.300 e. The second-order valence-corrected chi connectivity index (χ2v) is 8.08. The molecule has 1 atom stereocenters. The Morgan fingerprint density at radius 2 is 1.72 bits per heavy atom. The summed E-state index contributed by atoms with van der Waals surface area (Å²) in [6.07, 6.45) is 0.495. The van der Waals surface area contributed by atoms with Crippen molar-refractivity contribution in [3.8, 4) is 0 Å². The van der Waals surface area contributed by atoms with Crippen LogP contribution in [-0.4, -0.2) is 24.4 Å². The predicted octanol–water partition coefficient (Wildman–Crippen LogP) is 3.25. The fraction of sp³-hybridized carbons (Fsp3) is 0.263. The van der Waals surface area contributed by atoms with Gasteiger partial charge in [0.2, 0.25) is 0 Å². The molecule has 0 saturated carbocycles. The monoisotopic (exact) mass is 357 g/mol. The van der Waals surface area contributed by atoms with Crippen molar-refractivity contribution in [3.63, 3.8) is 0 Å². The maximum atomic E-state index is 13.1. The van der Waals surface area contributed by atoms with E-state index in [2.05, 4.69) is 0 Å². The number of ketones is 1. The highest BCUT2D eigenvalue weighted by Gasteiger charge is 2.44. The van der Waals surface area contributed by atoms with Gasteiger partial charge in [-0.1, -0.05) is 35.9 Å². The number of fused-ring (bicyclic) bond motifs is 1. The number of carbonyl (C=O) groups is 2. The van der Waals surface area contributed by atoms with E-state index in [0.717, 1.165) is 9.87 Å². The van der Waals surface area contributed by atoms with Gasteiger partial charge < -0.3 is 4.79 Å². The Kier molecular flexibility index (Phi) is 4.47. The van der Waals surface area contributed by atoms with E-state index in [9.17, 15) is 18.0 Å². The van der Waals surface area contributed by atoms with E-state index in [1.807, 2.05) is 6.92 Å². The summed E-state index contributed by atoms with van der Waals surface area (Å²) < 4.78 is 27.1. The van der Waals surface area contributed by atoms with Gasteiger partial charge in [-0.05, 0) is 44.0 Å². The van der Waals surface area contributed by atoms with Crippen molar-refractivity contribution < 1.29 is 18.0 Å². The zero-order chi connectivity index (χ0) is 18.2. The van der Waals surface area contributed by atoms with Crippen LogP contribution in [0.3, 0.4) is 0 Å². The Morgan fingerprint density at radius 3 is 2.36 bits per heavy atom. The molecule has 1 unspecified atom stereocenters.